The van der Waals surface area contributed by atoms with Crippen molar-refractivity contribution in [3.8, 4) is 17.1 Å². The van der Waals surface area contributed by atoms with Crippen molar-refractivity contribution in [1.29, 1.82) is 0 Å². The van der Waals surface area contributed by atoms with Crippen LogP contribution >= 0.6 is 0 Å². The van der Waals surface area contributed by atoms with Crippen LogP contribution in [0.5, 0.6) is 5.75 Å². The lowest BCUT2D eigenvalue weighted by Crippen LogP contribution is -2.41. The van der Waals surface area contributed by atoms with Gasteiger partial charge in [0.05, 0.1) is 4.90 Å². The maximum Gasteiger partial charge on any atom is 0.243 e. The minimum atomic E-state index is -3.60. The molecule has 1 aliphatic heterocycles. The zero-order chi connectivity index (χ0) is 24.4. The van der Waals surface area contributed by atoms with Gasteiger partial charge in [0, 0.05) is 36.7 Å². The van der Waals surface area contributed by atoms with Crippen molar-refractivity contribution < 1.29 is 22.4 Å². The summed E-state index contributed by atoms with van der Waals surface area (Å²) in [6.45, 7) is 2.18. The first kappa shape index (κ1) is 23.1. The van der Waals surface area contributed by atoms with E-state index in [1.807, 2.05) is 54.6 Å². The average Bonchev–Trinajstić information content (AvgIpc) is 3.29. The Hall–Kier alpha value is -3.62. The normalized spacial score (nSPS) is 15.2. The van der Waals surface area contributed by atoms with Gasteiger partial charge in [0.25, 0.3) is 0 Å². The number of nitrogens with one attached hydrogen (secondary N) is 1. The van der Waals surface area contributed by atoms with Gasteiger partial charge in [0.15, 0.2) is 0 Å². The van der Waals surface area contributed by atoms with Gasteiger partial charge < -0.3 is 14.5 Å². The number of amides is 1. The van der Waals surface area contributed by atoms with E-state index in [9.17, 15) is 13.2 Å². The second-order valence-electron chi connectivity index (χ2n) is 8.60. The summed E-state index contributed by atoms with van der Waals surface area (Å²) >= 11 is 0. The van der Waals surface area contributed by atoms with Crippen LogP contribution in [-0.2, 0) is 14.8 Å². The highest BCUT2D eigenvalue weighted by atomic mass is 32.2. The zero-order valence-electron chi connectivity index (χ0n) is 19.3. The first-order chi connectivity index (χ1) is 16.9. The molecule has 7 nitrogen and oxygen atoms in total. The number of piperidine rings is 1. The van der Waals surface area contributed by atoms with E-state index in [4.69, 9.17) is 9.15 Å². The van der Waals surface area contributed by atoms with Gasteiger partial charge in [-0.1, -0.05) is 18.2 Å². The molecule has 3 aromatic carbocycles. The number of hydrogen-bond acceptors (Lipinski definition) is 5. The van der Waals surface area contributed by atoms with Gasteiger partial charge in [0.1, 0.15) is 23.2 Å². The van der Waals surface area contributed by atoms with Crippen LogP contribution in [0.1, 0.15) is 19.8 Å². The summed E-state index contributed by atoms with van der Waals surface area (Å²) in [4.78, 5) is 11.4. The molecule has 2 heterocycles. The Labute approximate surface area is 204 Å². The summed E-state index contributed by atoms with van der Waals surface area (Å²) in [5.74, 6) is 1.35. The van der Waals surface area contributed by atoms with E-state index in [2.05, 4.69) is 5.32 Å². The van der Waals surface area contributed by atoms with Crippen molar-refractivity contribution in [3.05, 3.63) is 78.9 Å². The number of hydrogen-bond donors (Lipinski definition) is 1. The molecule has 4 aromatic rings. The van der Waals surface area contributed by atoms with Gasteiger partial charge in [-0.2, -0.15) is 4.31 Å². The van der Waals surface area contributed by atoms with Crippen LogP contribution < -0.4 is 10.1 Å². The highest BCUT2D eigenvalue weighted by molar-refractivity contribution is 7.89. The molecule has 1 fully saturated rings. The second-order valence-corrected chi connectivity index (χ2v) is 10.5. The molecule has 1 saturated heterocycles. The number of carbonyl (C=O) groups excluding carboxylic acids is 1. The first-order valence-electron chi connectivity index (χ1n) is 11.5. The summed E-state index contributed by atoms with van der Waals surface area (Å²) in [5, 5.41) is 3.70. The number of ether oxygens (including phenoxy) is 1. The highest BCUT2D eigenvalue weighted by Crippen LogP contribution is 2.30. The Balaban J connectivity index is 1.18. The number of fused-ring (bicyclic) bond motifs is 1. The lowest BCUT2D eigenvalue weighted by atomic mass is 10.1. The minimum Gasteiger partial charge on any atom is -0.490 e. The molecule has 1 N–H and O–H groups in total. The van der Waals surface area contributed by atoms with Crippen LogP contribution in [0, 0.1) is 0 Å². The van der Waals surface area contributed by atoms with Gasteiger partial charge in [0.2, 0.25) is 15.9 Å². The molecule has 180 valence electrons. The number of rotatable bonds is 6. The van der Waals surface area contributed by atoms with Crippen LogP contribution in [0.4, 0.5) is 5.69 Å². The highest BCUT2D eigenvalue weighted by Gasteiger charge is 2.30. The van der Waals surface area contributed by atoms with E-state index >= 15 is 0 Å². The lowest BCUT2D eigenvalue weighted by Gasteiger charge is -2.31. The summed E-state index contributed by atoms with van der Waals surface area (Å²) < 4.78 is 39.6. The Bertz CT molecular complexity index is 1400. The predicted molar refractivity (Wildman–Crippen MR) is 135 cm³/mol. The molecule has 0 atom stereocenters. The number of sulfonamides is 1. The Morgan fingerprint density at radius 1 is 0.971 bits per heavy atom. The largest absolute Gasteiger partial charge is 0.490 e. The molecule has 35 heavy (non-hydrogen) atoms. The maximum atomic E-state index is 13.0. The third-order valence-corrected chi connectivity index (χ3v) is 7.99. The molecule has 1 aliphatic rings. The Kier molecular flexibility index (Phi) is 6.32. The van der Waals surface area contributed by atoms with Crippen LogP contribution in [0.2, 0.25) is 0 Å². The van der Waals surface area contributed by atoms with Gasteiger partial charge >= 0.3 is 0 Å². The van der Waals surface area contributed by atoms with E-state index in [0.717, 1.165) is 28.0 Å². The topological polar surface area (TPSA) is 88.9 Å². The number of furan rings is 1. The first-order valence-corrected chi connectivity index (χ1v) is 13.0. The van der Waals surface area contributed by atoms with Crippen molar-refractivity contribution in [3.63, 3.8) is 0 Å². The zero-order valence-corrected chi connectivity index (χ0v) is 20.1. The van der Waals surface area contributed by atoms with E-state index < -0.39 is 10.0 Å². The van der Waals surface area contributed by atoms with E-state index in [0.29, 0.717) is 31.6 Å². The molecule has 0 radical (unpaired) electrons. The third-order valence-electron chi connectivity index (χ3n) is 6.08. The van der Waals surface area contributed by atoms with E-state index in [-0.39, 0.29) is 16.9 Å². The smallest absolute Gasteiger partial charge is 0.243 e. The predicted octanol–water partition coefficient (Wildman–Crippen LogP) is 5.29. The quantitative estimate of drug-likeness (QED) is 0.397. The molecule has 8 heteroatoms. The molecule has 1 aromatic heterocycles. The van der Waals surface area contributed by atoms with Crippen molar-refractivity contribution in [2.45, 2.75) is 30.8 Å². The fourth-order valence-corrected chi connectivity index (χ4v) is 5.74. The van der Waals surface area contributed by atoms with Crippen LogP contribution in [0.15, 0.2) is 88.2 Å². The number of para-hydroxylation sites is 1. The lowest BCUT2D eigenvalue weighted by molar-refractivity contribution is -0.114. The van der Waals surface area contributed by atoms with Crippen molar-refractivity contribution in [1.82, 2.24) is 4.31 Å². The minimum absolute atomic E-state index is 0.0550. The number of carbonyl (C=O) groups is 1. The molecular weight excluding hydrogens is 464 g/mol. The summed E-state index contributed by atoms with van der Waals surface area (Å²) in [6, 6.07) is 23.9. The summed E-state index contributed by atoms with van der Waals surface area (Å²) in [5.41, 5.74) is 2.39. The molecule has 0 unspecified atom stereocenters. The van der Waals surface area contributed by atoms with Gasteiger partial charge in [-0.15, -0.1) is 0 Å². The van der Waals surface area contributed by atoms with Crippen LogP contribution in [-0.4, -0.2) is 37.8 Å². The molecule has 5 rings (SSSR count). The average molecular weight is 491 g/mol. The molecular formula is C27H26N2O5S. The molecule has 0 aliphatic carbocycles. The standard InChI is InChI=1S/C27H26N2O5S/c1-19(30)28-22-8-12-25(13-9-22)35(31,32)29-16-14-24(15-17-29)33-23-10-6-20(7-11-23)27-18-21-4-2-3-5-26(21)34-27/h2-13,18,24H,14-17H2,1H3,(H,28,30). The maximum absolute atomic E-state index is 13.0. The van der Waals surface area contributed by atoms with Crippen molar-refractivity contribution >= 4 is 32.6 Å². The second kappa shape index (κ2) is 9.56. The van der Waals surface area contributed by atoms with Gasteiger partial charge in [-0.3, -0.25) is 4.79 Å². The molecule has 0 spiro atoms. The number of anilines is 1. The van der Waals surface area contributed by atoms with Crippen LogP contribution in [0.3, 0.4) is 0 Å². The molecule has 0 bridgehead atoms. The SMILES string of the molecule is CC(=O)Nc1ccc(S(=O)(=O)N2CCC(Oc3ccc(-c4cc5ccccc5o4)cc3)CC2)cc1. The summed E-state index contributed by atoms with van der Waals surface area (Å²) in [7, 11) is -3.60. The van der Waals surface area contributed by atoms with Crippen molar-refractivity contribution in [2.24, 2.45) is 0 Å². The molecule has 0 saturated carbocycles. The Morgan fingerprint density at radius 3 is 2.31 bits per heavy atom. The number of benzene rings is 3. The van der Waals surface area contributed by atoms with Crippen molar-refractivity contribution in [2.75, 3.05) is 18.4 Å². The van der Waals surface area contributed by atoms with Gasteiger partial charge in [-0.25, -0.2) is 8.42 Å². The fraction of sp³-hybridized carbons (Fsp3) is 0.222. The third kappa shape index (κ3) is 5.08. The fourth-order valence-electron chi connectivity index (χ4n) is 4.27. The van der Waals surface area contributed by atoms with E-state index in [1.165, 1.54) is 23.4 Å². The summed E-state index contributed by atoms with van der Waals surface area (Å²) in [6.07, 6.45) is 1.16. The van der Waals surface area contributed by atoms with Gasteiger partial charge in [-0.05, 0) is 73.5 Å². The van der Waals surface area contributed by atoms with E-state index in [1.54, 1.807) is 12.1 Å². The number of nitrogens with zero attached hydrogens (tertiary/aromatic N) is 1. The van der Waals surface area contributed by atoms with Crippen LogP contribution in [0.25, 0.3) is 22.3 Å². The molecule has 1 amide bonds. The Morgan fingerprint density at radius 2 is 1.66 bits per heavy atom. The monoisotopic (exact) mass is 490 g/mol.